The lowest BCUT2D eigenvalue weighted by Crippen LogP contribution is -2.46. The number of aliphatic hydroxyl groups is 1. The molecule has 1 saturated heterocycles. The Morgan fingerprint density at radius 2 is 2.08 bits per heavy atom. The number of hydrogen-bond donors (Lipinski definition) is 3. The second-order valence-corrected chi connectivity index (χ2v) is 6.59. The fraction of sp³-hybridized carbons (Fsp3) is 0.250. The van der Waals surface area contributed by atoms with Crippen molar-refractivity contribution in [2.24, 2.45) is 0 Å². The van der Waals surface area contributed by atoms with Crippen molar-refractivity contribution in [2.45, 2.75) is 12.0 Å². The van der Waals surface area contributed by atoms with Crippen LogP contribution in [0.15, 0.2) is 48.7 Å². The van der Waals surface area contributed by atoms with Crippen LogP contribution in [0, 0.1) is 5.82 Å². The molecule has 6 heteroatoms. The van der Waals surface area contributed by atoms with Crippen molar-refractivity contribution in [3.05, 3.63) is 71.2 Å². The van der Waals surface area contributed by atoms with E-state index in [2.05, 4.69) is 10.3 Å². The smallest absolute Gasteiger partial charge is 0.251 e. The molecule has 0 spiro atoms. The molecule has 0 radical (unpaired) electrons. The number of amides is 1. The zero-order valence-electron chi connectivity index (χ0n) is 14.1. The summed E-state index contributed by atoms with van der Waals surface area (Å²) in [5.41, 5.74) is 1.73. The number of aromatic amines is 1. The predicted octanol–water partition coefficient (Wildman–Crippen LogP) is 2.50. The van der Waals surface area contributed by atoms with Crippen molar-refractivity contribution in [2.75, 3.05) is 19.8 Å². The van der Waals surface area contributed by atoms with E-state index in [1.807, 2.05) is 6.07 Å². The molecule has 3 aromatic rings. The van der Waals surface area contributed by atoms with Crippen LogP contribution in [0.3, 0.4) is 0 Å². The number of ether oxygens (including phenoxy) is 1. The molecule has 0 unspecified atom stereocenters. The quantitative estimate of drug-likeness (QED) is 0.659. The molecule has 2 aromatic carbocycles. The lowest BCUT2D eigenvalue weighted by atomic mass is 9.91. The monoisotopic (exact) mass is 354 g/mol. The van der Waals surface area contributed by atoms with Gasteiger partial charge in [-0.2, -0.15) is 0 Å². The number of carbonyl (C=O) groups is 1. The van der Waals surface area contributed by atoms with E-state index in [-0.39, 0.29) is 24.9 Å². The molecule has 26 heavy (non-hydrogen) atoms. The average Bonchev–Trinajstić information content (AvgIpc) is 3.04. The molecule has 0 saturated carbocycles. The summed E-state index contributed by atoms with van der Waals surface area (Å²) in [7, 11) is 0. The van der Waals surface area contributed by atoms with Gasteiger partial charge >= 0.3 is 0 Å². The molecule has 0 bridgehead atoms. The number of carbonyl (C=O) groups excluding carboxylic acids is 1. The maximum atomic E-state index is 14.0. The minimum absolute atomic E-state index is 0.226. The Kier molecular flexibility index (Phi) is 4.22. The number of H-pyrrole nitrogens is 1. The fourth-order valence-corrected chi connectivity index (χ4v) is 3.23. The molecule has 1 aromatic heterocycles. The lowest BCUT2D eigenvalue weighted by molar-refractivity contribution is -0.184. The van der Waals surface area contributed by atoms with Gasteiger partial charge in [0.1, 0.15) is 11.4 Å². The van der Waals surface area contributed by atoms with Gasteiger partial charge < -0.3 is 20.1 Å². The zero-order valence-corrected chi connectivity index (χ0v) is 14.1. The summed E-state index contributed by atoms with van der Waals surface area (Å²) >= 11 is 0. The van der Waals surface area contributed by atoms with Gasteiger partial charge in [-0.25, -0.2) is 4.39 Å². The second-order valence-electron chi connectivity index (χ2n) is 6.59. The van der Waals surface area contributed by atoms with Crippen molar-refractivity contribution in [3.63, 3.8) is 0 Å². The highest BCUT2D eigenvalue weighted by atomic mass is 19.1. The van der Waals surface area contributed by atoms with E-state index >= 15 is 0 Å². The van der Waals surface area contributed by atoms with Gasteiger partial charge in [0.2, 0.25) is 0 Å². The molecule has 4 rings (SSSR count). The Morgan fingerprint density at radius 1 is 1.27 bits per heavy atom. The Morgan fingerprint density at radius 3 is 2.85 bits per heavy atom. The van der Waals surface area contributed by atoms with Gasteiger partial charge in [-0.15, -0.1) is 0 Å². The first kappa shape index (κ1) is 16.8. The summed E-state index contributed by atoms with van der Waals surface area (Å²) in [6, 6.07) is 11.8. The highest BCUT2D eigenvalue weighted by molar-refractivity contribution is 5.94. The van der Waals surface area contributed by atoms with E-state index < -0.39 is 5.60 Å². The van der Waals surface area contributed by atoms with Crippen LogP contribution in [0.1, 0.15) is 21.5 Å². The summed E-state index contributed by atoms with van der Waals surface area (Å²) in [6.07, 6.45) is 2.29. The van der Waals surface area contributed by atoms with Crippen LogP contribution in [-0.4, -0.2) is 35.8 Å². The highest BCUT2D eigenvalue weighted by Crippen LogP contribution is 2.29. The van der Waals surface area contributed by atoms with Gasteiger partial charge in [0, 0.05) is 29.2 Å². The first-order valence-corrected chi connectivity index (χ1v) is 8.50. The van der Waals surface area contributed by atoms with E-state index in [4.69, 9.17) is 4.74 Å². The largest absolute Gasteiger partial charge is 0.380 e. The van der Waals surface area contributed by atoms with Crippen molar-refractivity contribution in [1.29, 1.82) is 0 Å². The summed E-state index contributed by atoms with van der Waals surface area (Å²) in [6.45, 7) is 0.867. The topological polar surface area (TPSA) is 74.4 Å². The number of benzene rings is 2. The zero-order chi connectivity index (χ0) is 18.1. The molecule has 0 aliphatic carbocycles. The SMILES string of the molecule is O=C(NCCc1c[nH]c2cccc(F)c12)c1cccc(C2(O)COC2)c1. The number of halogens is 1. The Bertz CT molecular complexity index is 963. The van der Waals surface area contributed by atoms with Gasteiger partial charge in [0.25, 0.3) is 5.91 Å². The highest BCUT2D eigenvalue weighted by Gasteiger charge is 2.38. The summed E-state index contributed by atoms with van der Waals surface area (Å²) < 4.78 is 19.0. The number of aromatic nitrogens is 1. The first-order chi connectivity index (χ1) is 12.6. The Labute approximate surface area is 149 Å². The number of fused-ring (bicyclic) bond motifs is 1. The van der Waals surface area contributed by atoms with Gasteiger partial charge in [-0.05, 0) is 41.8 Å². The number of nitrogens with one attached hydrogen (secondary N) is 2. The van der Waals surface area contributed by atoms with E-state index in [0.717, 1.165) is 11.1 Å². The molecular formula is C20H19FN2O3. The molecule has 2 heterocycles. The van der Waals surface area contributed by atoms with Crippen LogP contribution in [-0.2, 0) is 16.8 Å². The summed E-state index contributed by atoms with van der Waals surface area (Å²) in [4.78, 5) is 15.4. The van der Waals surface area contributed by atoms with E-state index in [0.29, 0.717) is 29.5 Å². The average molecular weight is 354 g/mol. The van der Waals surface area contributed by atoms with Crippen LogP contribution >= 0.6 is 0 Å². The molecule has 1 aliphatic rings. The van der Waals surface area contributed by atoms with Crippen LogP contribution in [0.4, 0.5) is 4.39 Å². The van der Waals surface area contributed by atoms with Gasteiger partial charge in [-0.1, -0.05) is 18.2 Å². The second kappa shape index (κ2) is 6.55. The molecule has 1 aliphatic heterocycles. The number of hydrogen-bond acceptors (Lipinski definition) is 3. The van der Waals surface area contributed by atoms with Crippen LogP contribution in [0.2, 0.25) is 0 Å². The minimum atomic E-state index is -1.00. The van der Waals surface area contributed by atoms with Crippen LogP contribution in [0.5, 0.6) is 0 Å². The standard InChI is InChI=1S/C20H19FN2O3/c21-16-5-2-6-17-18(16)14(10-23-17)7-8-22-19(24)13-3-1-4-15(9-13)20(25)11-26-12-20/h1-6,9-10,23,25H,7-8,11-12H2,(H,22,24). The van der Waals surface area contributed by atoms with Crippen molar-refractivity contribution < 1.29 is 19.0 Å². The minimum Gasteiger partial charge on any atom is -0.380 e. The third-order valence-corrected chi connectivity index (χ3v) is 4.76. The predicted molar refractivity (Wildman–Crippen MR) is 95.5 cm³/mol. The molecular weight excluding hydrogens is 335 g/mol. The fourth-order valence-electron chi connectivity index (χ4n) is 3.23. The van der Waals surface area contributed by atoms with E-state index in [1.165, 1.54) is 6.07 Å². The lowest BCUT2D eigenvalue weighted by Gasteiger charge is -2.36. The molecule has 134 valence electrons. The summed E-state index contributed by atoms with van der Waals surface area (Å²) in [5, 5.41) is 13.7. The molecule has 1 amide bonds. The first-order valence-electron chi connectivity index (χ1n) is 8.50. The van der Waals surface area contributed by atoms with Crippen LogP contribution in [0.25, 0.3) is 10.9 Å². The van der Waals surface area contributed by atoms with Gasteiger partial charge in [0.15, 0.2) is 0 Å². The molecule has 1 fully saturated rings. The molecule has 3 N–H and O–H groups in total. The Balaban J connectivity index is 1.42. The molecule has 5 nitrogen and oxygen atoms in total. The third-order valence-electron chi connectivity index (χ3n) is 4.76. The van der Waals surface area contributed by atoms with Crippen LogP contribution < -0.4 is 5.32 Å². The maximum Gasteiger partial charge on any atom is 0.251 e. The van der Waals surface area contributed by atoms with Crippen molar-refractivity contribution in [1.82, 2.24) is 10.3 Å². The molecule has 0 atom stereocenters. The van der Waals surface area contributed by atoms with Crippen molar-refractivity contribution in [3.8, 4) is 0 Å². The van der Waals surface area contributed by atoms with Gasteiger partial charge in [-0.3, -0.25) is 4.79 Å². The Hall–Kier alpha value is -2.70. The van der Waals surface area contributed by atoms with Gasteiger partial charge in [0.05, 0.1) is 13.2 Å². The third kappa shape index (κ3) is 2.98. The van der Waals surface area contributed by atoms with Crippen molar-refractivity contribution >= 4 is 16.8 Å². The van der Waals surface area contributed by atoms with E-state index in [1.54, 1.807) is 36.5 Å². The maximum absolute atomic E-state index is 14.0. The summed E-state index contributed by atoms with van der Waals surface area (Å²) in [5.74, 6) is -0.496. The van der Waals surface area contributed by atoms with E-state index in [9.17, 15) is 14.3 Å². The number of rotatable bonds is 5. The normalized spacial score (nSPS) is 15.6.